The van der Waals surface area contributed by atoms with Crippen LogP contribution in [0.1, 0.15) is 335 Å². The van der Waals surface area contributed by atoms with Gasteiger partial charge in [-0.15, -0.1) is 0 Å². The van der Waals surface area contributed by atoms with Gasteiger partial charge in [-0.25, -0.2) is 0 Å². The zero-order chi connectivity index (χ0) is 48.1. The first-order valence-electron chi connectivity index (χ1n) is 29.9. The van der Waals surface area contributed by atoms with Crippen molar-refractivity contribution in [3.8, 4) is 0 Å². The van der Waals surface area contributed by atoms with Gasteiger partial charge in [-0.2, -0.15) is 0 Å². The van der Waals surface area contributed by atoms with E-state index in [1.165, 1.54) is 231 Å². The number of hydrogen-bond donors (Lipinski definition) is 3. The van der Waals surface area contributed by atoms with Crippen molar-refractivity contribution < 1.29 is 24.5 Å². The Morgan fingerprint density at radius 3 is 1.09 bits per heavy atom. The second-order valence-corrected chi connectivity index (χ2v) is 20.8. The average molecular weight is 933 g/mol. The van der Waals surface area contributed by atoms with Crippen LogP contribution in [0.15, 0.2) is 12.2 Å². The minimum absolute atomic E-state index is 0.0749. The third-order valence-corrected chi connectivity index (χ3v) is 14.1. The molecule has 0 aromatic carbocycles. The fraction of sp³-hybridized carbons (Fsp3) is 0.933. The van der Waals surface area contributed by atoms with E-state index in [4.69, 9.17) is 4.74 Å². The van der Waals surface area contributed by atoms with E-state index in [1.807, 2.05) is 0 Å². The molecular weight excluding hydrogens is 815 g/mol. The summed E-state index contributed by atoms with van der Waals surface area (Å²) in [7, 11) is 0. The molecule has 0 bridgehead atoms. The average Bonchev–Trinajstić information content (AvgIpc) is 3.31. The summed E-state index contributed by atoms with van der Waals surface area (Å²) in [5.41, 5.74) is 0. The van der Waals surface area contributed by atoms with Crippen molar-refractivity contribution in [3.63, 3.8) is 0 Å². The molecule has 1 amide bonds. The van der Waals surface area contributed by atoms with Gasteiger partial charge in [0.15, 0.2) is 0 Å². The van der Waals surface area contributed by atoms with E-state index < -0.39 is 18.2 Å². The number of nitrogens with one attached hydrogen (secondary N) is 1. The van der Waals surface area contributed by atoms with Crippen molar-refractivity contribution in [2.75, 3.05) is 6.61 Å². The van der Waals surface area contributed by atoms with Crippen molar-refractivity contribution in [1.82, 2.24) is 5.32 Å². The van der Waals surface area contributed by atoms with Gasteiger partial charge in [0, 0.05) is 6.42 Å². The first kappa shape index (κ1) is 64.6. The highest BCUT2D eigenvalue weighted by Gasteiger charge is 2.24. The van der Waals surface area contributed by atoms with Crippen LogP contribution in [-0.2, 0) is 14.3 Å². The highest BCUT2D eigenvalue weighted by molar-refractivity contribution is 5.77. The van der Waals surface area contributed by atoms with Crippen LogP contribution >= 0.6 is 0 Å². The topological polar surface area (TPSA) is 95.9 Å². The van der Waals surface area contributed by atoms with E-state index in [0.717, 1.165) is 57.8 Å². The van der Waals surface area contributed by atoms with Gasteiger partial charge >= 0.3 is 5.97 Å². The number of carbonyl (C=O) groups is 2. The van der Waals surface area contributed by atoms with Gasteiger partial charge < -0.3 is 20.3 Å². The highest BCUT2D eigenvalue weighted by atomic mass is 16.5. The van der Waals surface area contributed by atoms with Gasteiger partial charge in [0.05, 0.1) is 25.2 Å². The molecule has 0 aliphatic heterocycles. The Morgan fingerprint density at radius 2 is 0.727 bits per heavy atom. The van der Waals surface area contributed by atoms with E-state index >= 15 is 0 Å². The van der Waals surface area contributed by atoms with Gasteiger partial charge in [-0.05, 0) is 51.4 Å². The molecule has 0 saturated heterocycles. The predicted octanol–water partition coefficient (Wildman–Crippen LogP) is 18.5. The Labute approximate surface area is 412 Å². The van der Waals surface area contributed by atoms with Crippen LogP contribution in [0, 0.1) is 0 Å². The second kappa shape index (κ2) is 54.5. The van der Waals surface area contributed by atoms with E-state index in [1.54, 1.807) is 0 Å². The maximum atomic E-state index is 13.3. The molecule has 0 aromatic heterocycles. The third kappa shape index (κ3) is 49.0. The number of ether oxygens (including phenoxy) is 1. The summed E-state index contributed by atoms with van der Waals surface area (Å²) in [5.74, 6) is -0.464. The second-order valence-electron chi connectivity index (χ2n) is 20.8. The zero-order valence-electron chi connectivity index (χ0n) is 44.9. The number of hydrogen-bond acceptors (Lipinski definition) is 5. The Balaban J connectivity index is 4.51. The molecule has 0 rings (SSSR count). The maximum Gasteiger partial charge on any atom is 0.306 e. The summed E-state index contributed by atoms with van der Waals surface area (Å²) in [5, 5.41) is 23.9. The molecule has 3 N–H and O–H groups in total. The van der Waals surface area contributed by atoms with Crippen LogP contribution in [0.2, 0.25) is 0 Å². The largest absolute Gasteiger partial charge is 0.462 e. The molecule has 0 saturated carbocycles. The zero-order valence-corrected chi connectivity index (χ0v) is 44.9. The highest BCUT2D eigenvalue weighted by Crippen LogP contribution is 2.19. The van der Waals surface area contributed by atoms with E-state index in [9.17, 15) is 19.8 Å². The minimum Gasteiger partial charge on any atom is -0.462 e. The first-order valence-corrected chi connectivity index (χ1v) is 29.9. The van der Waals surface area contributed by atoms with Crippen LogP contribution in [-0.4, -0.2) is 46.9 Å². The van der Waals surface area contributed by atoms with Crippen LogP contribution < -0.4 is 5.32 Å². The monoisotopic (exact) mass is 932 g/mol. The maximum absolute atomic E-state index is 13.3. The van der Waals surface area contributed by atoms with Crippen molar-refractivity contribution in [2.45, 2.75) is 354 Å². The molecule has 0 aromatic rings. The molecule has 3 unspecified atom stereocenters. The Kier molecular flexibility index (Phi) is 53.4. The molecular formula is C60H117NO5. The van der Waals surface area contributed by atoms with E-state index in [2.05, 4.69) is 38.2 Å². The Bertz CT molecular complexity index is 1000. The van der Waals surface area contributed by atoms with Crippen LogP contribution in [0.25, 0.3) is 0 Å². The van der Waals surface area contributed by atoms with Gasteiger partial charge in [-0.1, -0.05) is 283 Å². The Morgan fingerprint density at radius 1 is 0.424 bits per heavy atom. The molecule has 0 aliphatic rings. The lowest BCUT2D eigenvalue weighted by Crippen LogP contribution is -2.46. The number of amides is 1. The van der Waals surface area contributed by atoms with Gasteiger partial charge in [-0.3, -0.25) is 9.59 Å². The smallest absolute Gasteiger partial charge is 0.306 e. The molecule has 392 valence electrons. The number of aliphatic hydroxyl groups excluding tert-OH is 2. The fourth-order valence-electron chi connectivity index (χ4n) is 9.55. The molecule has 6 heteroatoms. The summed E-state index contributed by atoms with van der Waals surface area (Å²) in [4.78, 5) is 26.3. The van der Waals surface area contributed by atoms with Gasteiger partial charge in [0.1, 0.15) is 6.10 Å². The van der Waals surface area contributed by atoms with Gasteiger partial charge in [0.2, 0.25) is 5.91 Å². The van der Waals surface area contributed by atoms with Crippen molar-refractivity contribution >= 4 is 11.9 Å². The molecule has 66 heavy (non-hydrogen) atoms. The van der Waals surface area contributed by atoms with Gasteiger partial charge in [0.25, 0.3) is 0 Å². The van der Waals surface area contributed by atoms with Crippen LogP contribution in [0.3, 0.4) is 0 Å². The minimum atomic E-state index is -0.787. The number of rotatable bonds is 55. The molecule has 3 atom stereocenters. The normalized spacial score (nSPS) is 13.1. The summed E-state index contributed by atoms with van der Waals surface area (Å²) in [6.07, 6.45) is 62.8. The summed E-state index contributed by atoms with van der Waals surface area (Å²) in [6.45, 7) is 6.53. The summed E-state index contributed by atoms with van der Waals surface area (Å²) in [6, 6.07) is -0.701. The standard InChI is InChI=1S/C60H117NO5/c1-4-7-10-13-16-19-22-25-27-29-30-32-35-38-41-44-47-50-53-60(65)66-56(51-48-45-42-39-36-34-31-28-26-23-20-17-14-11-8-5-2)54-59(64)61-57(55-62)58(63)52-49-46-43-40-37-33-24-21-18-15-12-9-6-3/h34,36,56-58,62-63H,4-33,35,37-55H2,1-3H3,(H,61,64)/b36-34+. The van der Waals surface area contributed by atoms with Crippen LogP contribution in [0.4, 0.5) is 0 Å². The molecule has 6 nitrogen and oxygen atoms in total. The number of allylic oxidation sites excluding steroid dienone is 2. The predicted molar refractivity (Wildman–Crippen MR) is 287 cm³/mol. The number of carbonyl (C=O) groups excluding carboxylic acids is 2. The quantitative estimate of drug-likeness (QED) is 0.0321. The van der Waals surface area contributed by atoms with Crippen LogP contribution in [0.5, 0.6) is 0 Å². The SMILES string of the molecule is CCCCCCCCCCC/C=C/CCCCCC(CC(=O)NC(CO)C(O)CCCCCCCCCCCCCCC)OC(=O)CCCCCCCCCCCCCCCCCCCC. The molecule has 0 radical (unpaired) electrons. The van der Waals surface area contributed by atoms with E-state index in [-0.39, 0.29) is 24.9 Å². The lowest BCUT2D eigenvalue weighted by atomic mass is 10.0. The molecule has 0 heterocycles. The summed E-state index contributed by atoms with van der Waals surface area (Å²) < 4.78 is 5.97. The molecule has 0 aliphatic carbocycles. The van der Waals surface area contributed by atoms with Crippen molar-refractivity contribution in [2.24, 2.45) is 0 Å². The number of unbranched alkanes of at least 4 members (excludes halogenated alkanes) is 41. The third-order valence-electron chi connectivity index (χ3n) is 14.1. The first-order chi connectivity index (χ1) is 32.5. The van der Waals surface area contributed by atoms with Crippen molar-refractivity contribution in [1.29, 1.82) is 0 Å². The molecule has 0 fully saturated rings. The Hall–Kier alpha value is -1.40. The fourth-order valence-corrected chi connectivity index (χ4v) is 9.55. The lowest BCUT2D eigenvalue weighted by Gasteiger charge is -2.24. The number of aliphatic hydroxyl groups is 2. The lowest BCUT2D eigenvalue weighted by molar-refractivity contribution is -0.151. The van der Waals surface area contributed by atoms with E-state index in [0.29, 0.717) is 19.3 Å². The summed E-state index contributed by atoms with van der Waals surface area (Å²) >= 11 is 0. The number of esters is 1. The molecule has 0 spiro atoms. The van der Waals surface area contributed by atoms with Crippen molar-refractivity contribution in [3.05, 3.63) is 12.2 Å².